The minimum atomic E-state index is -3.79. The normalized spacial score (nSPS) is 12.2. The largest absolute Gasteiger partial charge is 0.355 e. The van der Waals surface area contributed by atoms with E-state index in [4.69, 9.17) is 0 Å². The SMILES string of the molecule is CCNC(=O)C(CC)N(Cc1ccc(F)cc1)C(=O)CN(c1cccc(C)c1C)S(C)(=O)=O. The van der Waals surface area contributed by atoms with E-state index in [9.17, 15) is 22.4 Å². The summed E-state index contributed by atoms with van der Waals surface area (Å²) in [7, 11) is -3.79. The minimum absolute atomic E-state index is 0.0408. The Balaban J connectivity index is 2.47. The van der Waals surface area contributed by atoms with Crippen LogP contribution in [-0.4, -0.2) is 50.5 Å². The van der Waals surface area contributed by atoms with Crippen LogP contribution in [0.4, 0.5) is 10.1 Å². The molecule has 0 saturated heterocycles. The number of hydrogen-bond acceptors (Lipinski definition) is 4. The molecule has 0 radical (unpaired) electrons. The zero-order valence-corrected chi connectivity index (χ0v) is 20.6. The second-order valence-corrected chi connectivity index (χ2v) is 9.86. The Hall–Kier alpha value is -2.94. The Bertz CT molecular complexity index is 1090. The van der Waals surface area contributed by atoms with Crippen LogP contribution in [0.3, 0.4) is 0 Å². The Morgan fingerprint density at radius 2 is 1.70 bits per heavy atom. The topological polar surface area (TPSA) is 86.8 Å². The molecule has 0 aromatic heterocycles. The van der Waals surface area contributed by atoms with E-state index in [0.29, 0.717) is 24.2 Å². The first kappa shape index (κ1) is 26.3. The molecular formula is C24H32FN3O4S. The highest BCUT2D eigenvalue weighted by atomic mass is 32.2. The molecule has 0 bridgehead atoms. The van der Waals surface area contributed by atoms with E-state index in [1.807, 2.05) is 13.0 Å². The summed E-state index contributed by atoms with van der Waals surface area (Å²) in [5, 5.41) is 2.73. The van der Waals surface area contributed by atoms with Gasteiger partial charge in [-0.15, -0.1) is 0 Å². The molecule has 7 nitrogen and oxygen atoms in total. The molecule has 33 heavy (non-hydrogen) atoms. The van der Waals surface area contributed by atoms with E-state index in [1.54, 1.807) is 45.0 Å². The Morgan fingerprint density at radius 3 is 2.24 bits per heavy atom. The van der Waals surface area contributed by atoms with E-state index < -0.39 is 34.3 Å². The molecule has 0 heterocycles. The fraction of sp³-hybridized carbons (Fsp3) is 0.417. The van der Waals surface area contributed by atoms with Gasteiger partial charge in [-0.2, -0.15) is 0 Å². The number of carbonyl (C=O) groups excluding carboxylic acids is 2. The molecule has 0 aliphatic heterocycles. The van der Waals surface area contributed by atoms with Crippen LogP contribution in [0.15, 0.2) is 42.5 Å². The van der Waals surface area contributed by atoms with Crippen LogP contribution in [0.25, 0.3) is 0 Å². The summed E-state index contributed by atoms with van der Waals surface area (Å²) < 4.78 is 39.8. The fourth-order valence-corrected chi connectivity index (χ4v) is 4.50. The van der Waals surface area contributed by atoms with E-state index in [-0.39, 0.29) is 12.5 Å². The van der Waals surface area contributed by atoms with Crippen molar-refractivity contribution < 1.29 is 22.4 Å². The standard InChI is InChI=1S/C24H32FN3O4S/c1-6-21(24(30)26-7-2)27(15-19-11-13-20(25)14-12-19)23(29)16-28(33(5,31)32)22-10-8-9-17(3)18(22)4/h8-14,21H,6-7,15-16H2,1-5H3,(H,26,30). The third kappa shape index (κ3) is 6.77. The molecule has 1 atom stereocenters. The van der Waals surface area contributed by atoms with Gasteiger partial charge in [-0.25, -0.2) is 12.8 Å². The Kier molecular flexibility index (Phi) is 8.99. The molecule has 0 fully saturated rings. The number of aryl methyl sites for hydroxylation is 1. The molecular weight excluding hydrogens is 445 g/mol. The average molecular weight is 478 g/mol. The number of nitrogens with one attached hydrogen (secondary N) is 1. The van der Waals surface area contributed by atoms with Gasteiger partial charge in [0.25, 0.3) is 0 Å². The number of benzene rings is 2. The van der Waals surface area contributed by atoms with Crippen molar-refractivity contribution in [3.63, 3.8) is 0 Å². The number of halogens is 1. The first-order valence-corrected chi connectivity index (χ1v) is 12.7. The molecule has 9 heteroatoms. The van der Waals surface area contributed by atoms with Gasteiger partial charge in [0.05, 0.1) is 11.9 Å². The van der Waals surface area contributed by atoms with E-state index in [2.05, 4.69) is 5.32 Å². The highest BCUT2D eigenvalue weighted by Gasteiger charge is 2.32. The summed E-state index contributed by atoms with van der Waals surface area (Å²) >= 11 is 0. The van der Waals surface area contributed by atoms with Gasteiger partial charge in [0, 0.05) is 13.1 Å². The van der Waals surface area contributed by atoms with Gasteiger partial charge in [-0.05, 0) is 62.1 Å². The van der Waals surface area contributed by atoms with Gasteiger partial charge in [0.15, 0.2) is 0 Å². The van der Waals surface area contributed by atoms with Crippen molar-refractivity contribution in [1.29, 1.82) is 0 Å². The predicted molar refractivity (Wildman–Crippen MR) is 128 cm³/mol. The van der Waals surface area contributed by atoms with Crippen LogP contribution in [0.5, 0.6) is 0 Å². The minimum Gasteiger partial charge on any atom is -0.355 e. The molecule has 0 aliphatic rings. The highest BCUT2D eigenvalue weighted by Crippen LogP contribution is 2.25. The van der Waals surface area contributed by atoms with E-state index in [0.717, 1.165) is 21.7 Å². The van der Waals surface area contributed by atoms with Crippen molar-refractivity contribution in [3.8, 4) is 0 Å². The van der Waals surface area contributed by atoms with Crippen molar-refractivity contribution in [2.24, 2.45) is 0 Å². The van der Waals surface area contributed by atoms with Gasteiger partial charge >= 0.3 is 0 Å². The molecule has 0 saturated carbocycles. The quantitative estimate of drug-likeness (QED) is 0.570. The van der Waals surface area contributed by atoms with Crippen molar-refractivity contribution in [1.82, 2.24) is 10.2 Å². The van der Waals surface area contributed by atoms with Crippen molar-refractivity contribution in [3.05, 3.63) is 65.0 Å². The van der Waals surface area contributed by atoms with Crippen LogP contribution < -0.4 is 9.62 Å². The summed E-state index contributed by atoms with van der Waals surface area (Å²) in [5.41, 5.74) is 2.69. The Morgan fingerprint density at radius 1 is 1.06 bits per heavy atom. The maximum Gasteiger partial charge on any atom is 0.244 e. The van der Waals surface area contributed by atoms with Gasteiger partial charge < -0.3 is 10.2 Å². The smallest absolute Gasteiger partial charge is 0.244 e. The van der Waals surface area contributed by atoms with Crippen LogP contribution >= 0.6 is 0 Å². The maximum absolute atomic E-state index is 13.5. The lowest BCUT2D eigenvalue weighted by Crippen LogP contribution is -2.52. The molecule has 2 aromatic carbocycles. The first-order valence-electron chi connectivity index (χ1n) is 10.8. The fourth-order valence-electron chi connectivity index (χ4n) is 3.60. The number of nitrogens with zero attached hydrogens (tertiary/aromatic N) is 2. The molecule has 2 amide bonds. The second kappa shape index (κ2) is 11.3. The van der Waals surface area contributed by atoms with Crippen molar-refractivity contribution in [2.75, 3.05) is 23.7 Å². The molecule has 1 unspecified atom stereocenters. The predicted octanol–water partition coefficient (Wildman–Crippen LogP) is 3.15. The molecule has 0 aliphatic carbocycles. The molecule has 1 N–H and O–H groups in total. The molecule has 2 aromatic rings. The number of anilines is 1. The van der Waals surface area contributed by atoms with Crippen molar-refractivity contribution >= 4 is 27.5 Å². The number of hydrogen-bond donors (Lipinski definition) is 1. The molecule has 180 valence electrons. The number of sulfonamides is 1. The van der Waals surface area contributed by atoms with E-state index >= 15 is 0 Å². The number of rotatable bonds is 10. The lowest BCUT2D eigenvalue weighted by molar-refractivity contribution is -0.140. The third-order valence-corrected chi connectivity index (χ3v) is 6.65. The Labute approximate surface area is 195 Å². The summed E-state index contributed by atoms with van der Waals surface area (Å²) in [6.45, 7) is 7.20. The maximum atomic E-state index is 13.5. The van der Waals surface area contributed by atoms with Gasteiger partial charge in [0.2, 0.25) is 21.8 Å². The van der Waals surface area contributed by atoms with Crippen molar-refractivity contribution in [2.45, 2.75) is 46.7 Å². The average Bonchev–Trinajstić information content (AvgIpc) is 2.75. The zero-order chi connectivity index (χ0) is 24.8. The third-order valence-electron chi connectivity index (χ3n) is 5.53. The first-order chi connectivity index (χ1) is 15.5. The lowest BCUT2D eigenvalue weighted by atomic mass is 10.1. The highest BCUT2D eigenvalue weighted by molar-refractivity contribution is 7.92. The van der Waals surface area contributed by atoms with Gasteiger partial charge in [0.1, 0.15) is 18.4 Å². The monoisotopic (exact) mass is 477 g/mol. The number of amides is 2. The molecule has 0 spiro atoms. The van der Waals surface area contributed by atoms with Crippen LogP contribution in [0.1, 0.15) is 37.0 Å². The van der Waals surface area contributed by atoms with Crippen LogP contribution in [0, 0.1) is 19.7 Å². The number of carbonyl (C=O) groups is 2. The number of likely N-dealkylation sites (N-methyl/N-ethyl adjacent to an activating group) is 1. The summed E-state index contributed by atoms with van der Waals surface area (Å²) in [4.78, 5) is 27.6. The van der Waals surface area contributed by atoms with Crippen LogP contribution in [0.2, 0.25) is 0 Å². The lowest BCUT2D eigenvalue weighted by Gasteiger charge is -2.33. The summed E-state index contributed by atoms with van der Waals surface area (Å²) in [6.07, 6.45) is 1.38. The summed E-state index contributed by atoms with van der Waals surface area (Å²) in [6, 6.07) is 10.1. The second-order valence-electron chi connectivity index (χ2n) is 7.96. The van der Waals surface area contributed by atoms with E-state index in [1.165, 1.54) is 17.0 Å². The molecule has 2 rings (SSSR count). The van der Waals surface area contributed by atoms with Gasteiger partial charge in [-0.3, -0.25) is 13.9 Å². The van der Waals surface area contributed by atoms with Gasteiger partial charge in [-0.1, -0.05) is 31.2 Å². The zero-order valence-electron chi connectivity index (χ0n) is 19.8. The summed E-state index contributed by atoms with van der Waals surface area (Å²) in [5.74, 6) is -1.26. The van der Waals surface area contributed by atoms with Crippen LogP contribution in [-0.2, 0) is 26.2 Å².